The second-order valence-electron chi connectivity index (χ2n) is 18.8. The third kappa shape index (κ3) is 70.3. The van der Waals surface area contributed by atoms with E-state index in [0.29, 0.717) is 19.2 Å². The molecule has 0 spiro atoms. The number of alkyl halides is 3. The largest absolute Gasteiger partial charge is 0.383 e. The van der Waals surface area contributed by atoms with Crippen molar-refractivity contribution in [3.8, 4) is 0 Å². The van der Waals surface area contributed by atoms with E-state index < -0.39 is 25.1 Å². The normalized spacial score (nSPS) is 12.0. The molecule has 0 aromatic carbocycles. The number of hydrogen-bond donors (Lipinski definition) is 6. The first-order valence-electron chi connectivity index (χ1n) is 24.8. The molecule has 70 heavy (non-hydrogen) atoms. The number of carbonyl (C=O) groups excluding carboxylic acids is 8. The SMILES string of the molecule is C.CC(=O)C(C)C.CC(C)C(=O)N(C)C.CC(C)C(=O)NC1CC1.CC(C)C(=O)NCC(C)(F)F.CC(F)CNC(=O)C(C)C.CNC(=O)C(C)C.COCCNC(=O)C(C)C.[2H]C([2H])(C)NC(=O)C(C)C. The Labute approximate surface area is 427 Å². The van der Waals surface area contributed by atoms with Gasteiger partial charge in [-0.2, -0.15) is 0 Å². The van der Waals surface area contributed by atoms with Crippen molar-refractivity contribution in [2.75, 3.05) is 61.0 Å². The average Bonchev–Trinajstić information content (AvgIpc) is 4.05. The summed E-state index contributed by atoms with van der Waals surface area (Å²) in [6, 6.07) is 0.514. The van der Waals surface area contributed by atoms with Crippen LogP contribution in [-0.2, 0) is 43.1 Å². The van der Waals surface area contributed by atoms with Gasteiger partial charge in [0, 0.05) is 111 Å². The molecule has 1 fully saturated rings. The lowest BCUT2D eigenvalue weighted by Gasteiger charge is -2.12. The van der Waals surface area contributed by atoms with Crippen molar-refractivity contribution >= 4 is 47.1 Å². The number of ketones is 1. The first-order chi connectivity index (χ1) is 31.9. The number of Topliss-reactive ketones (excluding diaryl/α,β-unsaturated/α-hetero) is 1. The Morgan fingerprint density at radius 2 is 0.957 bits per heavy atom. The molecule has 7 amide bonds. The van der Waals surface area contributed by atoms with Gasteiger partial charge in [-0.15, -0.1) is 0 Å². The molecule has 1 unspecified atom stereocenters. The Balaban J connectivity index is -0.000000109. The summed E-state index contributed by atoms with van der Waals surface area (Å²) in [4.78, 5) is 87.0. The van der Waals surface area contributed by atoms with E-state index in [9.17, 15) is 51.5 Å². The van der Waals surface area contributed by atoms with Gasteiger partial charge in [-0.1, -0.05) is 118 Å². The Kier molecular flexibility index (Phi) is 54.8. The summed E-state index contributed by atoms with van der Waals surface area (Å²) >= 11 is 0. The number of halogens is 3. The molecule has 0 radical (unpaired) electrons. The van der Waals surface area contributed by atoms with Crippen molar-refractivity contribution in [2.45, 2.75) is 177 Å². The average molecular weight is 1020 g/mol. The summed E-state index contributed by atoms with van der Waals surface area (Å²) in [5, 5.41) is 15.0. The monoisotopic (exact) mass is 1020 g/mol. The summed E-state index contributed by atoms with van der Waals surface area (Å²) in [5.41, 5.74) is 0. The highest BCUT2D eigenvalue weighted by atomic mass is 19.3. The molecule has 0 saturated heterocycles. The Hall–Kier alpha value is -4.29. The van der Waals surface area contributed by atoms with Crippen LogP contribution in [-0.4, -0.2) is 131 Å². The van der Waals surface area contributed by atoms with Crippen molar-refractivity contribution in [1.29, 1.82) is 0 Å². The Morgan fingerprint density at radius 1 is 0.614 bits per heavy atom. The van der Waals surface area contributed by atoms with E-state index >= 15 is 0 Å². The Bertz CT molecular complexity index is 1440. The molecular weight excluding hydrogens is 912 g/mol. The highest BCUT2D eigenvalue weighted by Gasteiger charge is 2.24. The van der Waals surface area contributed by atoms with Gasteiger partial charge in [0.1, 0.15) is 12.0 Å². The van der Waals surface area contributed by atoms with E-state index in [-0.39, 0.29) is 108 Å². The van der Waals surface area contributed by atoms with E-state index in [4.69, 9.17) is 7.48 Å². The number of nitrogens with one attached hydrogen (secondary N) is 6. The third-order valence-corrected chi connectivity index (χ3v) is 8.05. The fraction of sp³-hybridized carbons (Fsp3) is 0.843. The van der Waals surface area contributed by atoms with Gasteiger partial charge >= 0.3 is 0 Å². The van der Waals surface area contributed by atoms with Crippen LogP contribution in [0.2, 0.25) is 0 Å². The zero-order valence-electron chi connectivity index (χ0n) is 49.3. The van der Waals surface area contributed by atoms with Crippen molar-refractivity contribution in [3.63, 3.8) is 0 Å². The van der Waals surface area contributed by atoms with E-state index in [1.54, 1.807) is 81.6 Å². The van der Waals surface area contributed by atoms with E-state index in [1.807, 2.05) is 69.2 Å². The smallest absolute Gasteiger partial charge is 0.262 e. The van der Waals surface area contributed by atoms with Crippen LogP contribution in [0.5, 0.6) is 0 Å². The number of rotatable bonds is 17. The minimum Gasteiger partial charge on any atom is -0.383 e. The fourth-order valence-electron chi connectivity index (χ4n) is 3.04. The third-order valence-electron chi connectivity index (χ3n) is 8.05. The molecule has 0 aliphatic heterocycles. The van der Waals surface area contributed by atoms with Crippen LogP contribution in [0.4, 0.5) is 13.2 Å². The Morgan fingerprint density at radius 3 is 1.16 bits per heavy atom. The summed E-state index contributed by atoms with van der Waals surface area (Å²) in [6.07, 6.45) is 1.40. The number of ether oxygens (including phenoxy) is 1. The molecular formula is C51H106F3N7O9. The molecule has 1 atom stereocenters. The van der Waals surface area contributed by atoms with Crippen molar-refractivity contribution in [1.82, 2.24) is 36.8 Å². The van der Waals surface area contributed by atoms with Crippen LogP contribution in [0.3, 0.4) is 0 Å². The van der Waals surface area contributed by atoms with Crippen molar-refractivity contribution in [2.24, 2.45) is 47.3 Å². The number of nitrogens with zero attached hydrogens (tertiary/aromatic N) is 1. The van der Waals surface area contributed by atoms with Gasteiger partial charge in [-0.3, -0.25) is 38.4 Å². The summed E-state index contributed by atoms with van der Waals surface area (Å²) in [6.45, 7) is 33.4. The van der Waals surface area contributed by atoms with Gasteiger partial charge in [-0.25, -0.2) is 13.2 Å². The lowest BCUT2D eigenvalue weighted by molar-refractivity contribution is -0.132. The topological polar surface area (TPSA) is 221 Å². The van der Waals surface area contributed by atoms with Gasteiger partial charge in [0.05, 0.1) is 13.2 Å². The maximum absolute atomic E-state index is 12.1. The van der Waals surface area contributed by atoms with Gasteiger partial charge < -0.3 is 41.5 Å². The molecule has 0 bridgehead atoms. The first-order valence-corrected chi connectivity index (χ1v) is 23.8. The van der Waals surface area contributed by atoms with Gasteiger partial charge in [0.15, 0.2) is 0 Å². The van der Waals surface area contributed by atoms with Crippen molar-refractivity contribution in [3.05, 3.63) is 0 Å². The maximum Gasteiger partial charge on any atom is 0.262 e. The number of methoxy groups -OCH3 is 1. The zero-order chi connectivity index (χ0) is 58.2. The highest BCUT2D eigenvalue weighted by Crippen LogP contribution is 2.19. The maximum atomic E-state index is 12.1. The van der Waals surface area contributed by atoms with Gasteiger partial charge in [-0.05, 0) is 33.6 Å². The summed E-state index contributed by atoms with van der Waals surface area (Å²) in [7, 11) is 6.79. The lowest BCUT2D eigenvalue weighted by Crippen LogP contribution is -2.36. The fourth-order valence-corrected chi connectivity index (χ4v) is 3.04. The standard InChI is InChI=1S/C7H13F2NO.C7H14FNO.C7H15NO2.C7H13NO.2C6H13NO.C5H11NO.C5H10O.CH4/c1-5(2)6(11)10-4-7(3,8)9;1-5(2)7(10)9-4-6(3)8;1-6(2)7(9)8-4-5-10-3;1-5(2)7(9)8-6-3-4-6;1-5(2)6(8)7(3)4;1-4-7-6(8)5(2)3;1-4(2)5(7)6-3;1-4(2)5(3)6;/h5H,4H2,1-3H3,(H,10,11);5-6H,4H2,1-3H3,(H,9,10);6H,4-5H2,1-3H3,(H,8,9);5-6H,3-4H2,1-2H3,(H,8,9);5H,1-4H3;5H,4H2,1-3H3,(H,7,8);4H,1-3H3,(H,6,7);4H,1-3H3;1H4/i;;;;;4D2;;;. The molecule has 0 aromatic heterocycles. The van der Waals surface area contributed by atoms with Crippen LogP contribution in [0.15, 0.2) is 0 Å². The quantitative estimate of drug-likeness (QED) is 0.0788. The van der Waals surface area contributed by atoms with Crippen LogP contribution >= 0.6 is 0 Å². The second-order valence-corrected chi connectivity index (χ2v) is 18.8. The van der Waals surface area contributed by atoms with Crippen LogP contribution in [0, 0.1) is 47.3 Å². The van der Waals surface area contributed by atoms with Crippen LogP contribution in [0.25, 0.3) is 0 Å². The molecule has 420 valence electrons. The lowest BCUT2D eigenvalue weighted by atomic mass is 10.1. The van der Waals surface area contributed by atoms with Gasteiger partial charge in [0.2, 0.25) is 41.4 Å². The minimum absolute atomic E-state index is 0. The molecule has 1 aliphatic carbocycles. The van der Waals surface area contributed by atoms with Gasteiger partial charge in [0.25, 0.3) is 5.92 Å². The predicted octanol–water partition coefficient (Wildman–Crippen LogP) is 7.62. The first kappa shape index (κ1) is 77.2. The summed E-state index contributed by atoms with van der Waals surface area (Å²) in [5.74, 6) is -2.48. The number of carbonyl (C=O) groups is 8. The van der Waals surface area contributed by atoms with E-state index in [1.165, 1.54) is 26.7 Å². The predicted molar refractivity (Wildman–Crippen MR) is 281 cm³/mol. The van der Waals surface area contributed by atoms with Crippen LogP contribution < -0.4 is 31.9 Å². The molecule has 0 aromatic rings. The zero-order valence-corrected chi connectivity index (χ0v) is 47.3. The van der Waals surface area contributed by atoms with E-state index in [0.717, 1.165) is 6.92 Å². The number of hydrogen-bond acceptors (Lipinski definition) is 9. The van der Waals surface area contributed by atoms with Crippen LogP contribution in [0.1, 0.15) is 161 Å². The highest BCUT2D eigenvalue weighted by molar-refractivity contribution is 5.80. The molecule has 1 rings (SSSR count). The van der Waals surface area contributed by atoms with E-state index in [2.05, 4.69) is 31.9 Å². The molecule has 0 heterocycles. The second kappa shape index (κ2) is 49.7. The molecule has 6 N–H and O–H groups in total. The molecule has 16 nitrogen and oxygen atoms in total. The molecule has 1 saturated carbocycles. The molecule has 19 heteroatoms. The van der Waals surface area contributed by atoms with Crippen molar-refractivity contribution < 1.29 is 59.0 Å². The minimum atomic E-state index is -2.81. The molecule has 1 aliphatic rings. The number of amides is 7. The summed E-state index contributed by atoms with van der Waals surface area (Å²) < 4.78 is 55.1.